The number of hydrogen-bond acceptors (Lipinski definition) is 12. The molecule has 2 aliphatic rings. The van der Waals surface area contributed by atoms with E-state index in [1.807, 2.05) is 64.5 Å². The van der Waals surface area contributed by atoms with Crippen molar-refractivity contribution in [2.24, 2.45) is 5.11 Å². The van der Waals surface area contributed by atoms with Gasteiger partial charge in [0.25, 0.3) is 20.2 Å². The summed E-state index contributed by atoms with van der Waals surface area (Å²) in [6.07, 6.45) is 20.0. The predicted molar refractivity (Wildman–Crippen MR) is 283 cm³/mol. The fraction of sp³-hybridized carbons (Fsp3) is 0.538. The highest BCUT2D eigenvalue weighted by atomic mass is 32.2. The quantitative estimate of drug-likeness (QED) is 0.0108. The van der Waals surface area contributed by atoms with E-state index in [0.717, 1.165) is 61.4 Å². The third kappa shape index (κ3) is 15.1. The van der Waals surface area contributed by atoms with Gasteiger partial charge in [0.1, 0.15) is 12.3 Å². The highest BCUT2D eigenvalue weighted by molar-refractivity contribution is 7.86. The van der Waals surface area contributed by atoms with E-state index in [1.54, 1.807) is 6.07 Å². The molecule has 2 N–H and O–H groups in total. The van der Waals surface area contributed by atoms with Crippen molar-refractivity contribution in [1.29, 1.82) is 0 Å². The Hall–Kier alpha value is -5.83. The molecule has 0 atom stereocenters. The Labute approximate surface area is 430 Å². The zero-order valence-electron chi connectivity index (χ0n) is 43.6. The first-order valence-corrected chi connectivity index (χ1v) is 28.2. The van der Waals surface area contributed by atoms with Crippen molar-refractivity contribution in [1.82, 2.24) is 34.9 Å². The lowest BCUT2D eigenvalue weighted by Crippen LogP contribution is -2.28. The Kier molecular flexibility index (Phi) is 18.6. The van der Waals surface area contributed by atoms with Crippen molar-refractivity contribution < 1.29 is 35.3 Å². The van der Waals surface area contributed by atoms with Crippen molar-refractivity contribution in [2.75, 3.05) is 36.8 Å². The van der Waals surface area contributed by atoms with Gasteiger partial charge in [0, 0.05) is 97.6 Å². The van der Waals surface area contributed by atoms with Crippen LogP contribution in [0.25, 0.3) is 10.4 Å². The van der Waals surface area contributed by atoms with Gasteiger partial charge in [-0.1, -0.05) is 71.7 Å². The normalized spacial score (nSPS) is 16.1. The standard InChI is InChI=1S/C52H72N12O7S2/c1-39-23-25-46-44(33-39)51(5,6)48(21-12-9-13-22-49-52(7,8)45-34-43(73(69,70)71)24-26-47(45)63(49)31-18-32-72(66,67)68)62(46)30-15-10-11-19-42(65)20-14-16-29-61-37-40(55-58-61)35-60(28-17-27-54-57-53)36-41-38-64(59-56-41)50(2,3)4/h9,12-13,21-26,33-34,37-38H,10-11,14-20,27-32,35-36H2,1-8H3,(H-,66,67,68,69,70,71)/p+1. The summed E-state index contributed by atoms with van der Waals surface area (Å²) >= 11 is 0. The zero-order chi connectivity index (χ0) is 53.2. The maximum Gasteiger partial charge on any atom is 0.294 e. The van der Waals surface area contributed by atoms with Crippen LogP contribution in [0.1, 0.15) is 134 Å². The van der Waals surface area contributed by atoms with Crippen LogP contribution in [-0.4, -0.2) is 109 Å². The van der Waals surface area contributed by atoms with Crippen LogP contribution in [0.5, 0.6) is 0 Å². The molecule has 4 aromatic rings. The zero-order valence-corrected chi connectivity index (χ0v) is 45.3. The van der Waals surface area contributed by atoms with E-state index in [1.165, 1.54) is 28.9 Å². The number of ketones is 1. The first kappa shape index (κ1) is 56.5. The Bertz CT molecular complexity index is 3010. The van der Waals surface area contributed by atoms with E-state index >= 15 is 0 Å². The molecular weight excluding hydrogens is 969 g/mol. The van der Waals surface area contributed by atoms with Gasteiger partial charge in [0.15, 0.2) is 5.71 Å². The predicted octanol–water partition coefficient (Wildman–Crippen LogP) is 9.33. The third-order valence-corrected chi connectivity index (χ3v) is 15.2. The van der Waals surface area contributed by atoms with Gasteiger partial charge in [0.05, 0.1) is 39.2 Å². The van der Waals surface area contributed by atoms with Crippen LogP contribution < -0.4 is 4.90 Å². The number of nitrogens with zero attached hydrogens (tertiary/aromatic N) is 12. The molecule has 0 saturated carbocycles. The first-order chi connectivity index (χ1) is 34.4. The topological polar surface area (TPSA) is 245 Å². The van der Waals surface area contributed by atoms with Gasteiger partial charge in [-0.25, -0.2) is 4.68 Å². The smallest absolute Gasteiger partial charge is 0.294 e. The van der Waals surface area contributed by atoms with E-state index in [-0.39, 0.29) is 34.6 Å². The Morgan fingerprint density at radius 3 is 2.22 bits per heavy atom. The summed E-state index contributed by atoms with van der Waals surface area (Å²) in [4.78, 5) is 20.2. The lowest BCUT2D eigenvalue weighted by atomic mass is 9.81. The summed E-state index contributed by atoms with van der Waals surface area (Å²) in [6.45, 7) is 20.6. The molecule has 0 bridgehead atoms. The molecule has 6 rings (SSSR count). The third-order valence-electron chi connectivity index (χ3n) is 13.5. The van der Waals surface area contributed by atoms with Crippen LogP contribution >= 0.6 is 0 Å². The number of azide groups is 1. The van der Waals surface area contributed by atoms with Gasteiger partial charge in [-0.05, 0) is 116 Å². The Balaban J connectivity index is 1.01. The van der Waals surface area contributed by atoms with Gasteiger partial charge >= 0.3 is 0 Å². The molecule has 4 heterocycles. The summed E-state index contributed by atoms with van der Waals surface area (Å²) < 4.78 is 72.1. The molecule has 73 heavy (non-hydrogen) atoms. The Morgan fingerprint density at radius 2 is 1.53 bits per heavy atom. The SMILES string of the molecule is Cc1ccc2c(c1)C(C)(C)C(=CC=CC=CC1=[N+](CCCS(=O)(=O)O)c3ccc(S(=O)(=O)O)cc3C1(C)C)N2CCCCCC(=O)CCCCn1cc(CN(CCCN=[N+]=[N-])Cc2cn(C(C)(C)C)nn2)nn1. The number of Topliss-reactive ketones (excluding diaryl/α,β-unsaturated/α-hetero) is 1. The molecule has 0 fully saturated rings. The highest BCUT2D eigenvalue weighted by Gasteiger charge is 2.45. The van der Waals surface area contributed by atoms with Crippen molar-refractivity contribution >= 4 is 43.1 Å². The van der Waals surface area contributed by atoms with E-state index in [9.17, 15) is 30.7 Å². The number of anilines is 1. The number of carbonyl (C=O) groups is 1. The minimum atomic E-state index is -4.46. The first-order valence-electron chi connectivity index (χ1n) is 25.1. The average Bonchev–Trinajstić information content (AvgIpc) is 4.06. The lowest BCUT2D eigenvalue weighted by Gasteiger charge is -2.27. The van der Waals surface area contributed by atoms with Crippen LogP contribution in [0.2, 0.25) is 0 Å². The van der Waals surface area contributed by atoms with E-state index in [0.29, 0.717) is 63.2 Å². The number of carbonyl (C=O) groups excluding carboxylic acids is 1. The fourth-order valence-electron chi connectivity index (χ4n) is 9.64. The summed E-state index contributed by atoms with van der Waals surface area (Å²) in [7, 11) is -8.64. The summed E-state index contributed by atoms with van der Waals surface area (Å²) in [6, 6.07) is 11.0. The van der Waals surface area contributed by atoms with Crippen LogP contribution in [0.3, 0.4) is 0 Å². The second kappa shape index (κ2) is 24.0. The molecule has 2 aliphatic heterocycles. The molecular formula is C52H73N12O7S2+. The van der Waals surface area contributed by atoms with Gasteiger partial charge in [-0.2, -0.15) is 21.4 Å². The summed E-state index contributed by atoms with van der Waals surface area (Å²) in [5, 5.41) is 21.1. The van der Waals surface area contributed by atoms with Gasteiger partial charge in [0.2, 0.25) is 5.69 Å². The molecule has 21 heteroatoms. The highest BCUT2D eigenvalue weighted by Crippen LogP contribution is 2.48. The number of rotatable bonds is 27. The molecule has 0 aliphatic carbocycles. The van der Waals surface area contributed by atoms with E-state index in [2.05, 4.69) is 106 Å². The second-order valence-corrected chi connectivity index (χ2v) is 24.2. The van der Waals surface area contributed by atoms with Gasteiger partial charge in [-0.15, -0.1) is 10.2 Å². The van der Waals surface area contributed by atoms with E-state index in [4.69, 9.17) is 5.53 Å². The van der Waals surface area contributed by atoms with Crippen LogP contribution in [0.15, 0.2) is 94.9 Å². The number of benzene rings is 2. The van der Waals surface area contributed by atoms with Gasteiger partial charge in [-0.3, -0.25) is 23.5 Å². The van der Waals surface area contributed by atoms with Crippen LogP contribution in [-0.2, 0) is 61.0 Å². The number of fused-ring (bicyclic) bond motifs is 2. The number of aryl methyl sites for hydroxylation is 2. The molecule has 19 nitrogen and oxygen atoms in total. The molecule has 0 spiro atoms. The van der Waals surface area contributed by atoms with E-state index < -0.39 is 31.4 Å². The Morgan fingerprint density at radius 1 is 0.836 bits per heavy atom. The summed E-state index contributed by atoms with van der Waals surface area (Å²) in [5.41, 5.74) is 16.2. The summed E-state index contributed by atoms with van der Waals surface area (Å²) in [5.74, 6) is -0.153. The van der Waals surface area contributed by atoms with Crippen LogP contribution in [0, 0.1) is 6.92 Å². The molecule has 2 aromatic carbocycles. The van der Waals surface area contributed by atoms with Crippen molar-refractivity contribution in [3.8, 4) is 0 Å². The molecule has 0 unspecified atom stereocenters. The second-order valence-electron chi connectivity index (χ2n) is 21.2. The molecule has 0 saturated heterocycles. The minimum Gasteiger partial charge on any atom is -0.344 e. The monoisotopic (exact) mass is 1040 g/mol. The number of unbranched alkanes of at least 4 members (excludes halogenated alkanes) is 3. The molecule has 394 valence electrons. The molecule has 2 aromatic heterocycles. The number of hydrogen-bond donors (Lipinski definition) is 2. The van der Waals surface area contributed by atoms with Crippen molar-refractivity contribution in [3.63, 3.8) is 0 Å². The van der Waals surface area contributed by atoms with Crippen LogP contribution in [0.4, 0.5) is 11.4 Å². The lowest BCUT2D eigenvalue weighted by molar-refractivity contribution is -0.437. The molecule has 0 radical (unpaired) electrons. The van der Waals surface area contributed by atoms with Crippen molar-refractivity contribution in [2.45, 2.75) is 154 Å². The largest absolute Gasteiger partial charge is 0.344 e. The minimum absolute atomic E-state index is 0.140. The maximum atomic E-state index is 13.0. The average molecular weight is 1040 g/mol. The van der Waals surface area contributed by atoms with Gasteiger partial charge < -0.3 is 4.90 Å². The number of allylic oxidation sites excluding steroid dienone is 6. The van der Waals surface area contributed by atoms with Crippen molar-refractivity contribution in [3.05, 3.63) is 123 Å². The fourth-order valence-corrected chi connectivity index (χ4v) is 10.6. The number of aromatic nitrogens is 6. The molecule has 0 amide bonds. The maximum absolute atomic E-state index is 13.0.